The van der Waals surface area contributed by atoms with Gasteiger partial charge in [-0.05, 0) is 25.2 Å². The van der Waals surface area contributed by atoms with Crippen LogP contribution in [0.3, 0.4) is 0 Å². The first-order valence-corrected chi connectivity index (χ1v) is 8.04. The smallest absolute Gasteiger partial charge is 0.323 e. The predicted molar refractivity (Wildman–Crippen MR) is 78.2 cm³/mol. The molecule has 0 bridgehead atoms. The molecule has 6 heteroatoms. The van der Waals surface area contributed by atoms with Crippen molar-refractivity contribution in [2.45, 2.75) is 50.7 Å². The van der Waals surface area contributed by atoms with Gasteiger partial charge < -0.3 is 10.5 Å². The summed E-state index contributed by atoms with van der Waals surface area (Å²) in [5, 5.41) is 0.592. The molecule has 2 N–H and O–H groups in total. The molecule has 1 aromatic rings. The molecule has 2 fully saturated rings. The molecule has 3 rings (SSSR count). The Morgan fingerprint density at radius 1 is 1.55 bits per heavy atom. The summed E-state index contributed by atoms with van der Waals surface area (Å²) in [5.74, 6) is 0.537. The van der Waals surface area contributed by atoms with Crippen molar-refractivity contribution in [3.8, 4) is 0 Å². The van der Waals surface area contributed by atoms with E-state index in [1.807, 2.05) is 6.20 Å². The summed E-state index contributed by atoms with van der Waals surface area (Å²) in [6.07, 6.45) is 7.73. The van der Waals surface area contributed by atoms with Crippen LogP contribution in [0.15, 0.2) is 6.20 Å². The van der Waals surface area contributed by atoms with Crippen LogP contribution in [0, 0.1) is 5.92 Å². The molecule has 0 aromatic carbocycles. The van der Waals surface area contributed by atoms with Crippen molar-refractivity contribution in [3.05, 3.63) is 11.1 Å². The second-order valence-corrected chi connectivity index (χ2v) is 6.87. The topological polar surface area (TPSA) is 68.5 Å². The number of esters is 1. The van der Waals surface area contributed by atoms with Gasteiger partial charge in [0.15, 0.2) is 5.13 Å². The highest BCUT2D eigenvalue weighted by Gasteiger charge is 2.45. The highest BCUT2D eigenvalue weighted by molar-refractivity contribution is 7.15. The van der Waals surface area contributed by atoms with Crippen LogP contribution in [-0.2, 0) is 16.1 Å². The van der Waals surface area contributed by atoms with Crippen LogP contribution < -0.4 is 5.73 Å². The summed E-state index contributed by atoms with van der Waals surface area (Å²) in [7, 11) is 1.48. The van der Waals surface area contributed by atoms with Gasteiger partial charge in [0.2, 0.25) is 0 Å². The molecule has 1 saturated heterocycles. The normalized spacial score (nSPS) is 30.1. The number of nitrogens with two attached hydrogens (primary N) is 1. The molecule has 1 aliphatic heterocycles. The fourth-order valence-corrected chi connectivity index (χ4v) is 4.42. The molecule has 20 heavy (non-hydrogen) atoms. The van der Waals surface area contributed by atoms with Gasteiger partial charge in [0.05, 0.1) is 7.11 Å². The highest BCUT2D eigenvalue weighted by Crippen LogP contribution is 2.41. The van der Waals surface area contributed by atoms with E-state index in [1.54, 1.807) is 0 Å². The third-order valence-electron chi connectivity index (χ3n) is 4.60. The minimum Gasteiger partial charge on any atom is -0.468 e. The Kier molecular flexibility index (Phi) is 3.94. The second kappa shape index (κ2) is 5.69. The van der Waals surface area contributed by atoms with Crippen LogP contribution in [-0.4, -0.2) is 35.0 Å². The number of rotatable bonds is 3. The lowest BCUT2D eigenvalue weighted by atomic mass is 9.85. The van der Waals surface area contributed by atoms with Crippen molar-refractivity contribution >= 4 is 22.4 Å². The number of nitrogens with zero attached hydrogens (tertiary/aromatic N) is 2. The summed E-state index contributed by atoms with van der Waals surface area (Å²) >= 11 is 1.51. The van der Waals surface area contributed by atoms with Gasteiger partial charge in [-0.1, -0.05) is 12.8 Å². The van der Waals surface area contributed by atoms with Crippen LogP contribution >= 0.6 is 11.3 Å². The van der Waals surface area contributed by atoms with E-state index in [4.69, 9.17) is 10.5 Å². The molecule has 0 amide bonds. The molecule has 3 unspecified atom stereocenters. The molecule has 2 heterocycles. The zero-order valence-electron chi connectivity index (χ0n) is 11.7. The number of methoxy groups -OCH3 is 1. The molecule has 0 spiro atoms. The third-order valence-corrected chi connectivity index (χ3v) is 5.42. The van der Waals surface area contributed by atoms with E-state index in [0.29, 0.717) is 17.1 Å². The van der Waals surface area contributed by atoms with Gasteiger partial charge in [-0.2, -0.15) is 0 Å². The Labute approximate surface area is 123 Å². The van der Waals surface area contributed by atoms with Crippen LogP contribution in [0.25, 0.3) is 0 Å². The quantitative estimate of drug-likeness (QED) is 0.864. The van der Waals surface area contributed by atoms with E-state index in [2.05, 4.69) is 9.88 Å². The molecule has 3 atom stereocenters. The Morgan fingerprint density at radius 2 is 2.35 bits per heavy atom. The second-order valence-electron chi connectivity index (χ2n) is 5.72. The molecule has 1 saturated carbocycles. The number of fused-ring (bicyclic) bond motifs is 1. The standard InChI is InChI=1S/C14H21N3O2S/c1-19-13(18)12-6-9-4-2-3-5-11(9)17(12)8-10-7-16-14(15)20-10/h7,9,11-12H,2-6,8H2,1H3,(H2,15,16). The van der Waals surface area contributed by atoms with Crippen LogP contribution in [0.2, 0.25) is 0 Å². The van der Waals surface area contributed by atoms with Gasteiger partial charge >= 0.3 is 5.97 Å². The number of carbonyl (C=O) groups is 1. The maximum Gasteiger partial charge on any atom is 0.323 e. The van der Waals surface area contributed by atoms with Gasteiger partial charge in [-0.25, -0.2) is 4.98 Å². The number of aromatic nitrogens is 1. The third kappa shape index (κ3) is 2.54. The molecule has 110 valence electrons. The Bertz CT molecular complexity index is 491. The van der Waals surface area contributed by atoms with Crippen molar-refractivity contribution in [1.29, 1.82) is 0 Å². The van der Waals surface area contributed by atoms with Crippen molar-refractivity contribution in [2.75, 3.05) is 12.8 Å². The molecule has 1 aromatic heterocycles. The average Bonchev–Trinajstić information content (AvgIpc) is 3.03. The summed E-state index contributed by atoms with van der Waals surface area (Å²) in [4.78, 5) is 19.6. The van der Waals surface area contributed by atoms with Crippen molar-refractivity contribution < 1.29 is 9.53 Å². The number of likely N-dealkylation sites (tertiary alicyclic amines) is 1. The van der Waals surface area contributed by atoms with Gasteiger partial charge in [0, 0.05) is 23.7 Å². The summed E-state index contributed by atoms with van der Waals surface area (Å²) in [6, 6.07) is 0.410. The SMILES string of the molecule is COC(=O)C1CC2CCCCC2N1Cc1cnc(N)s1. The molecule has 1 aliphatic carbocycles. The Hall–Kier alpha value is -1.14. The molecule has 5 nitrogen and oxygen atoms in total. The fourth-order valence-electron chi connectivity index (χ4n) is 3.72. The van der Waals surface area contributed by atoms with Gasteiger partial charge in [-0.3, -0.25) is 9.69 Å². The Balaban J connectivity index is 1.80. The van der Waals surface area contributed by atoms with Crippen LogP contribution in [0.4, 0.5) is 5.13 Å². The fraction of sp³-hybridized carbons (Fsp3) is 0.714. The van der Waals surface area contributed by atoms with Crippen LogP contribution in [0.1, 0.15) is 37.0 Å². The molecule has 2 aliphatic rings. The Morgan fingerprint density at radius 3 is 3.05 bits per heavy atom. The first kappa shape index (κ1) is 13.8. The number of carbonyl (C=O) groups excluding carboxylic acids is 1. The predicted octanol–water partition coefficient (Wildman–Crippen LogP) is 2.03. The summed E-state index contributed by atoms with van der Waals surface area (Å²) in [5.41, 5.74) is 5.70. The number of thiazole rings is 1. The van der Waals surface area contributed by atoms with Crippen LogP contribution in [0.5, 0.6) is 0 Å². The van der Waals surface area contributed by atoms with Crippen molar-refractivity contribution in [1.82, 2.24) is 9.88 Å². The number of hydrogen-bond donors (Lipinski definition) is 1. The average molecular weight is 295 g/mol. The lowest BCUT2D eigenvalue weighted by molar-refractivity contribution is -0.146. The minimum atomic E-state index is -0.101. The van der Waals surface area contributed by atoms with E-state index < -0.39 is 0 Å². The largest absolute Gasteiger partial charge is 0.468 e. The van der Waals surface area contributed by atoms with E-state index in [1.165, 1.54) is 44.1 Å². The van der Waals surface area contributed by atoms with Gasteiger partial charge in [0.1, 0.15) is 6.04 Å². The number of ether oxygens (including phenoxy) is 1. The van der Waals surface area contributed by atoms with Crippen molar-refractivity contribution in [3.63, 3.8) is 0 Å². The van der Waals surface area contributed by atoms with E-state index in [-0.39, 0.29) is 12.0 Å². The number of anilines is 1. The lowest BCUT2D eigenvalue weighted by Gasteiger charge is -2.32. The van der Waals surface area contributed by atoms with E-state index in [0.717, 1.165) is 17.8 Å². The molecule has 0 radical (unpaired) electrons. The van der Waals surface area contributed by atoms with Gasteiger partial charge in [-0.15, -0.1) is 11.3 Å². The monoisotopic (exact) mass is 295 g/mol. The lowest BCUT2D eigenvalue weighted by Crippen LogP contribution is -2.42. The minimum absolute atomic E-state index is 0.100. The molecular formula is C14H21N3O2S. The van der Waals surface area contributed by atoms with Crippen molar-refractivity contribution in [2.24, 2.45) is 5.92 Å². The van der Waals surface area contributed by atoms with E-state index in [9.17, 15) is 4.79 Å². The van der Waals surface area contributed by atoms with Gasteiger partial charge in [0.25, 0.3) is 0 Å². The number of nitrogen functional groups attached to an aromatic ring is 1. The zero-order valence-corrected chi connectivity index (χ0v) is 12.6. The number of hydrogen-bond acceptors (Lipinski definition) is 6. The summed E-state index contributed by atoms with van der Waals surface area (Å²) in [6.45, 7) is 0.760. The highest BCUT2D eigenvalue weighted by atomic mass is 32.1. The first-order valence-electron chi connectivity index (χ1n) is 7.23. The molecular weight excluding hydrogens is 274 g/mol. The first-order chi connectivity index (χ1) is 9.69. The summed E-state index contributed by atoms with van der Waals surface area (Å²) < 4.78 is 5.00. The zero-order chi connectivity index (χ0) is 14.1. The maximum absolute atomic E-state index is 12.1. The maximum atomic E-state index is 12.1. The van der Waals surface area contributed by atoms with E-state index >= 15 is 0 Å².